The van der Waals surface area contributed by atoms with Gasteiger partial charge in [-0.1, -0.05) is 178 Å². The SMILES string of the molecule is CC1(C)c2cc(-c3ccccc3)ccc2-c2ccc(N(c3ccc(-c4ccc5ccccc5c4)cc3)c3ccc(-c4cccc5c4ccc4ccccc45)cc3)cc21. The first-order valence-electron chi connectivity index (χ1n) is 20.2. The van der Waals surface area contributed by atoms with Gasteiger partial charge < -0.3 is 4.90 Å². The molecule has 0 saturated carbocycles. The summed E-state index contributed by atoms with van der Waals surface area (Å²) in [6, 6.07) is 78.2. The van der Waals surface area contributed by atoms with Crippen LogP contribution >= 0.6 is 0 Å². The molecule has 0 saturated heterocycles. The minimum absolute atomic E-state index is 0.167. The second-order valence-corrected chi connectivity index (χ2v) is 16.2. The monoisotopic (exact) mass is 739 g/mol. The highest BCUT2D eigenvalue weighted by Gasteiger charge is 2.36. The van der Waals surface area contributed by atoms with Crippen molar-refractivity contribution in [3.8, 4) is 44.5 Å². The van der Waals surface area contributed by atoms with Crippen molar-refractivity contribution >= 4 is 49.4 Å². The van der Waals surface area contributed by atoms with Crippen molar-refractivity contribution in [1.29, 1.82) is 0 Å². The predicted molar refractivity (Wildman–Crippen MR) is 248 cm³/mol. The summed E-state index contributed by atoms with van der Waals surface area (Å²) in [5, 5.41) is 7.61. The van der Waals surface area contributed by atoms with Gasteiger partial charge in [0.25, 0.3) is 0 Å². The van der Waals surface area contributed by atoms with E-state index in [0.717, 1.165) is 17.1 Å². The first kappa shape index (κ1) is 34.1. The zero-order valence-electron chi connectivity index (χ0n) is 32.7. The number of hydrogen-bond acceptors (Lipinski definition) is 1. The van der Waals surface area contributed by atoms with E-state index in [0.29, 0.717) is 0 Å². The maximum absolute atomic E-state index is 2.43. The Morgan fingerprint density at radius 3 is 1.60 bits per heavy atom. The summed E-state index contributed by atoms with van der Waals surface area (Å²) in [4.78, 5) is 2.42. The fourth-order valence-corrected chi connectivity index (χ4v) is 9.38. The Morgan fingerprint density at radius 2 is 0.828 bits per heavy atom. The first-order chi connectivity index (χ1) is 28.5. The molecule has 0 bridgehead atoms. The van der Waals surface area contributed by atoms with Crippen molar-refractivity contribution in [2.45, 2.75) is 19.3 Å². The minimum Gasteiger partial charge on any atom is -0.310 e. The Labute approximate surface area is 340 Å². The zero-order chi connectivity index (χ0) is 38.8. The molecule has 11 rings (SSSR count). The molecule has 0 heterocycles. The summed E-state index contributed by atoms with van der Waals surface area (Å²) >= 11 is 0. The van der Waals surface area contributed by atoms with Crippen LogP contribution in [-0.2, 0) is 5.41 Å². The lowest BCUT2D eigenvalue weighted by Gasteiger charge is -2.28. The van der Waals surface area contributed by atoms with Crippen molar-refractivity contribution < 1.29 is 0 Å². The number of benzene rings is 10. The highest BCUT2D eigenvalue weighted by Crippen LogP contribution is 2.52. The van der Waals surface area contributed by atoms with E-state index >= 15 is 0 Å². The predicted octanol–water partition coefficient (Wildman–Crippen LogP) is 15.9. The molecule has 0 fully saturated rings. The van der Waals surface area contributed by atoms with Gasteiger partial charge in [-0.2, -0.15) is 0 Å². The van der Waals surface area contributed by atoms with Crippen LogP contribution in [0.25, 0.3) is 76.8 Å². The fourth-order valence-electron chi connectivity index (χ4n) is 9.38. The minimum atomic E-state index is -0.167. The summed E-state index contributed by atoms with van der Waals surface area (Å²) in [6.07, 6.45) is 0. The number of rotatable bonds is 6. The van der Waals surface area contributed by atoms with Gasteiger partial charge in [-0.05, 0) is 136 Å². The molecule has 0 aliphatic heterocycles. The smallest absolute Gasteiger partial charge is 0.0465 e. The summed E-state index contributed by atoms with van der Waals surface area (Å²) in [5.74, 6) is 0. The van der Waals surface area contributed by atoms with Gasteiger partial charge in [-0.3, -0.25) is 0 Å². The lowest BCUT2D eigenvalue weighted by atomic mass is 9.81. The van der Waals surface area contributed by atoms with Gasteiger partial charge in [0.2, 0.25) is 0 Å². The van der Waals surface area contributed by atoms with E-state index in [2.05, 4.69) is 231 Å². The maximum Gasteiger partial charge on any atom is 0.0465 e. The first-order valence-corrected chi connectivity index (χ1v) is 20.2. The van der Waals surface area contributed by atoms with Gasteiger partial charge in [0.1, 0.15) is 0 Å². The Kier molecular flexibility index (Phi) is 7.91. The van der Waals surface area contributed by atoms with Crippen molar-refractivity contribution in [3.05, 3.63) is 223 Å². The molecule has 274 valence electrons. The molecular formula is C57H41N. The Hall–Kier alpha value is -7.22. The van der Waals surface area contributed by atoms with Gasteiger partial charge >= 0.3 is 0 Å². The molecule has 1 heteroatoms. The van der Waals surface area contributed by atoms with Gasteiger partial charge in [0, 0.05) is 22.5 Å². The van der Waals surface area contributed by atoms with Crippen LogP contribution in [0.1, 0.15) is 25.0 Å². The van der Waals surface area contributed by atoms with E-state index in [4.69, 9.17) is 0 Å². The molecule has 1 aliphatic carbocycles. The number of hydrogen-bond donors (Lipinski definition) is 0. The third-order valence-corrected chi connectivity index (χ3v) is 12.5. The molecule has 0 atom stereocenters. The molecule has 0 N–H and O–H groups in total. The third-order valence-electron chi connectivity index (χ3n) is 12.5. The Bertz CT molecular complexity index is 3170. The average molecular weight is 740 g/mol. The highest BCUT2D eigenvalue weighted by atomic mass is 15.1. The van der Waals surface area contributed by atoms with Crippen LogP contribution in [0.15, 0.2) is 212 Å². The summed E-state index contributed by atoms with van der Waals surface area (Å²) in [7, 11) is 0. The van der Waals surface area contributed by atoms with Crippen LogP contribution in [0.3, 0.4) is 0 Å². The number of fused-ring (bicyclic) bond motifs is 7. The largest absolute Gasteiger partial charge is 0.310 e. The van der Waals surface area contributed by atoms with Crippen LogP contribution in [0.2, 0.25) is 0 Å². The van der Waals surface area contributed by atoms with Crippen LogP contribution in [-0.4, -0.2) is 0 Å². The van der Waals surface area contributed by atoms with Gasteiger partial charge in [0.05, 0.1) is 0 Å². The molecule has 58 heavy (non-hydrogen) atoms. The lowest BCUT2D eigenvalue weighted by Crippen LogP contribution is -2.16. The maximum atomic E-state index is 2.43. The van der Waals surface area contributed by atoms with Crippen LogP contribution < -0.4 is 4.90 Å². The van der Waals surface area contributed by atoms with E-state index in [1.165, 1.54) is 88.0 Å². The molecule has 0 aromatic heterocycles. The van der Waals surface area contributed by atoms with Crippen molar-refractivity contribution in [3.63, 3.8) is 0 Å². The fraction of sp³-hybridized carbons (Fsp3) is 0.0526. The Balaban J connectivity index is 1.01. The van der Waals surface area contributed by atoms with E-state index < -0.39 is 0 Å². The highest BCUT2D eigenvalue weighted by molar-refractivity contribution is 6.12. The quantitative estimate of drug-likeness (QED) is 0.154. The molecule has 1 nitrogen and oxygen atoms in total. The molecule has 10 aromatic rings. The molecule has 0 spiro atoms. The molecule has 0 amide bonds. The van der Waals surface area contributed by atoms with Crippen LogP contribution in [0.5, 0.6) is 0 Å². The van der Waals surface area contributed by atoms with Crippen molar-refractivity contribution in [2.24, 2.45) is 0 Å². The number of nitrogens with zero attached hydrogens (tertiary/aromatic N) is 1. The second-order valence-electron chi connectivity index (χ2n) is 16.2. The van der Waals surface area contributed by atoms with Crippen molar-refractivity contribution in [2.75, 3.05) is 4.90 Å². The molecule has 0 unspecified atom stereocenters. The summed E-state index contributed by atoms with van der Waals surface area (Å²) in [6.45, 7) is 4.75. The van der Waals surface area contributed by atoms with E-state index in [9.17, 15) is 0 Å². The third kappa shape index (κ3) is 5.62. The van der Waals surface area contributed by atoms with Crippen LogP contribution in [0, 0.1) is 0 Å². The molecule has 10 aromatic carbocycles. The zero-order valence-corrected chi connectivity index (χ0v) is 32.7. The van der Waals surface area contributed by atoms with Gasteiger partial charge in [-0.25, -0.2) is 0 Å². The second kappa shape index (κ2) is 13.5. The Morgan fingerprint density at radius 1 is 0.293 bits per heavy atom. The summed E-state index contributed by atoms with van der Waals surface area (Å²) in [5.41, 5.74) is 15.9. The van der Waals surface area contributed by atoms with Crippen LogP contribution in [0.4, 0.5) is 17.1 Å². The van der Waals surface area contributed by atoms with Gasteiger partial charge in [-0.15, -0.1) is 0 Å². The topological polar surface area (TPSA) is 3.24 Å². The molecular weight excluding hydrogens is 699 g/mol. The molecule has 1 aliphatic rings. The summed E-state index contributed by atoms with van der Waals surface area (Å²) < 4.78 is 0. The number of anilines is 3. The van der Waals surface area contributed by atoms with E-state index in [1.807, 2.05) is 0 Å². The normalized spacial score (nSPS) is 12.8. The standard InChI is InChI=1S/C57H41N/c1-57(2)55-36-45(38-11-4-3-5-12-38)26-33-53(55)54-34-31-48(37-56(54)57)58(46-27-21-40(22-28-46)44-20-19-39-13-6-7-15-43(39)35-44)47-29-23-42(24-30-47)50-17-10-18-51-49-16-9-8-14-41(49)25-32-52(50)51/h3-37H,1-2H3. The lowest BCUT2D eigenvalue weighted by molar-refractivity contribution is 0.660. The average Bonchev–Trinajstić information content (AvgIpc) is 3.51. The molecule has 0 radical (unpaired) electrons. The van der Waals surface area contributed by atoms with Crippen molar-refractivity contribution in [1.82, 2.24) is 0 Å². The van der Waals surface area contributed by atoms with Gasteiger partial charge in [0.15, 0.2) is 0 Å². The van der Waals surface area contributed by atoms with E-state index in [1.54, 1.807) is 0 Å². The van der Waals surface area contributed by atoms with E-state index in [-0.39, 0.29) is 5.41 Å².